The summed E-state index contributed by atoms with van der Waals surface area (Å²) < 4.78 is 0. The molecule has 0 aromatic heterocycles. The predicted molar refractivity (Wildman–Crippen MR) is 79.6 cm³/mol. The molecule has 1 aromatic rings. The van der Waals surface area contributed by atoms with Gasteiger partial charge in [-0.1, -0.05) is 30.3 Å². The summed E-state index contributed by atoms with van der Waals surface area (Å²) in [4.78, 5) is 16.7. The van der Waals surface area contributed by atoms with E-state index >= 15 is 0 Å². The Bertz CT molecular complexity index is 462. The van der Waals surface area contributed by atoms with Crippen LogP contribution < -0.4 is 5.32 Å². The maximum Gasteiger partial charge on any atom is 0.318 e. The number of amides is 2. The zero-order valence-electron chi connectivity index (χ0n) is 12.1. The number of nitrogens with zero attached hydrogens (tertiary/aromatic N) is 2. The van der Waals surface area contributed by atoms with Crippen LogP contribution in [0, 0.1) is 0 Å². The molecular weight excluding hydrogens is 250 g/mol. The Morgan fingerprint density at radius 3 is 2.30 bits per heavy atom. The van der Waals surface area contributed by atoms with Gasteiger partial charge in [0.05, 0.1) is 5.54 Å². The number of hydrogen-bond acceptors (Lipinski definition) is 2. The van der Waals surface area contributed by atoms with Crippen molar-refractivity contribution in [2.24, 2.45) is 0 Å². The molecule has 108 valence electrons. The molecule has 2 fully saturated rings. The Morgan fingerprint density at radius 1 is 1.10 bits per heavy atom. The molecule has 2 amide bonds. The topological polar surface area (TPSA) is 35.6 Å². The van der Waals surface area contributed by atoms with E-state index in [4.69, 9.17) is 0 Å². The first-order chi connectivity index (χ1) is 9.70. The van der Waals surface area contributed by atoms with Crippen molar-refractivity contribution in [1.82, 2.24) is 15.1 Å². The van der Waals surface area contributed by atoms with Crippen molar-refractivity contribution in [3.8, 4) is 0 Å². The van der Waals surface area contributed by atoms with Crippen molar-refractivity contribution in [2.75, 3.05) is 33.2 Å². The van der Waals surface area contributed by atoms with Crippen LogP contribution in [0.15, 0.2) is 30.3 Å². The van der Waals surface area contributed by atoms with E-state index < -0.39 is 0 Å². The third-order valence-corrected chi connectivity index (χ3v) is 4.67. The van der Waals surface area contributed by atoms with Crippen LogP contribution in [0.3, 0.4) is 0 Å². The van der Waals surface area contributed by atoms with Gasteiger partial charge >= 0.3 is 6.03 Å². The molecule has 0 radical (unpaired) electrons. The second-order valence-corrected chi connectivity index (χ2v) is 6.02. The summed E-state index contributed by atoms with van der Waals surface area (Å²) in [5, 5.41) is 3.30. The van der Waals surface area contributed by atoms with Crippen molar-refractivity contribution in [3.63, 3.8) is 0 Å². The Hall–Kier alpha value is -1.55. The van der Waals surface area contributed by atoms with E-state index in [1.54, 1.807) is 0 Å². The molecule has 0 unspecified atom stereocenters. The van der Waals surface area contributed by atoms with Crippen molar-refractivity contribution >= 4 is 6.03 Å². The summed E-state index contributed by atoms with van der Waals surface area (Å²) >= 11 is 0. The van der Waals surface area contributed by atoms with Crippen LogP contribution >= 0.6 is 0 Å². The van der Waals surface area contributed by atoms with Crippen molar-refractivity contribution < 1.29 is 4.79 Å². The van der Waals surface area contributed by atoms with Crippen LogP contribution in [-0.2, 0) is 5.54 Å². The Kier molecular flexibility index (Phi) is 3.66. The molecule has 1 saturated carbocycles. The summed E-state index contributed by atoms with van der Waals surface area (Å²) in [5.74, 6) is 0. The quantitative estimate of drug-likeness (QED) is 0.895. The molecule has 1 aromatic carbocycles. The van der Waals surface area contributed by atoms with Crippen LogP contribution in [0.2, 0.25) is 0 Å². The van der Waals surface area contributed by atoms with E-state index in [9.17, 15) is 4.79 Å². The highest BCUT2D eigenvalue weighted by Gasteiger charge is 2.40. The van der Waals surface area contributed by atoms with E-state index in [2.05, 4.69) is 41.5 Å². The lowest BCUT2D eigenvalue weighted by Gasteiger charge is -2.45. The lowest BCUT2D eigenvalue weighted by atomic mass is 9.72. The van der Waals surface area contributed by atoms with Gasteiger partial charge in [0, 0.05) is 26.2 Å². The van der Waals surface area contributed by atoms with Gasteiger partial charge < -0.3 is 15.1 Å². The summed E-state index contributed by atoms with van der Waals surface area (Å²) in [6.45, 7) is 3.58. The van der Waals surface area contributed by atoms with Gasteiger partial charge in [-0.15, -0.1) is 0 Å². The summed E-state index contributed by atoms with van der Waals surface area (Å²) in [6, 6.07) is 10.5. The fraction of sp³-hybridized carbons (Fsp3) is 0.562. The molecule has 20 heavy (non-hydrogen) atoms. The number of hydrogen-bond donors (Lipinski definition) is 1. The normalized spacial score (nSPS) is 22.1. The molecule has 2 aliphatic rings. The molecular formula is C16H23N3O. The summed E-state index contributed by atoms with van der Waals surface area (Å²) in [5.41, 5.74) is 1.12. The number of nitrogens with one attached hydrogen (secondary N) is 1. The number of carbonyl (C=O) groups excluding carboxylic acids is 1. The minimum absolute atomic E-state index is 0.0988. The Morgan fingerprint density at radius 2 is 1.75 bits per heavy atom. The first-order valence-corrected chi connectivity index (χ1v) is 7.51. The highest BCUT2D eigenvalue weighted by atomic mass is 16.2. The average molecular weight is 273 g/mol. The van der Waals surface area contributed by atoms with Crippen molar-refractivity contribution in [1.29, 1.82) is 0 Å². The fourth-order valence-corrected chi connectivity index (χ4v) is 3.07. The van der Waals surface area contributed by atoms with E-state index in [1.165, 1.54) is 12.0 Å². The summed E-state index contributed by atoms with van der Waals surface area (Å²) in [6.07, 6.45) is 3.30. The first-order valence-electron chi connectivity index (χ1n) is 7.51. The second kappa shape index (κ2) is 5.44. The minimum atomic E-state index is -0.123. The molecule has 0 atom stereocenters. The van der Waals surface area contributed by atoms with Crippen LogP contribution in [0.1, 0.15) is 24.8 Å². The van der Waals surface area contributed by atoms with Gasteiger partial charge in [0.25, 0.3) is 0 Å². The number of carbonyl (C=O) groups is 1. The van der Waals surface area contributed by atoms with Gasteiger partial charge in [-0.05, 0) is 31.9 Å². The number of benzene rings is 1. The zero-order valence-corrected chi connectivity index (χ0v) is 12.1. The van der Waals surface area contributed by atoms with E-state index in [0.717, 1.165) is 39.0 Å². The highest BCUT2D eigenvalue weighted by Crippen LogP contribution is 2.41. The lowest BCUT2D eigenvalue weighted by Crippen LogP contribution is -2.58. The maximum absolute atomic E-state index is 12.5. The van der Waals surface area contributed by atoms with Crippen LogP contribution in [0.4, 0.5) is 4.79 Å². The van der Waals surface area contributed by atoms with Gasteiger partial charge in [-0.2, -0.15) is 0 Å². The zero-order chi connectivity index (χ0) is 14.0. The molecule has 1 saturated heterocycles. The molecule has 1 heterocycles. The number of piperazine rings is 1. The first kappa shape index (κ1) is 13.4. The van der Waals surface area contributed by atoms with Gasteiger partial charge in [-0.3, -0.25) is 0 Å². The highest BCUT2D eigenvalue weighted by molar-refractivity contribution is 5.75. The average Bonchev–Trinajstić information content (AvgIpc) is 2.44. The molecule has 0 bridgehead atoms. The third-order valence-electron chi connectivity index (χ3n) is 4.67. The number of rotatable bonds is 2. The molecule has 3 rings (SSSR count). The maximum atomic E-state index is 12.5. The van der Waals surface area contributed by atoms with Gasteiger partial charge in [0.1, 0.15) is 0 Å². The lowest BCUT2D eigenvalue weighted by molar-refractivity contribution is 0.126. The SMILES string of the molecule is CN1CCN(C(=O)NC2(c3ccccc3)CCC2)CC1. The summed E-state index contributed by atoms with van der Waals surface area (Å²) in [7, 11) is 2.10. The van der Waals surface area contributed by atoms with Crippen molar-refractivity contribution in [2.45, 2.75) is 24.8 Å². The Labute approximate surface area is 120 Å². The number of urea groups is 1. The second-order valence-electron chi connectivity index (χ2n) is 6.02. The van der Waals surface area contributed by atoms with Crippen LogP contribution in [0.5, 0.6) is 0 Å². The monoisotopic (exact) mass is 273 g/mol. The third kappa shape index (κ3) is 2.52. The smallest absolute Gasteiger partial charge is 0.318 e. The van der Waals surface area contributed by atoms with E-state index in [0.29, 0.717) is 0 Å². The standard InChI is InChI=1S/C16H23N3O/c1-18-10-12-19(13-11-18)15(20)17-16(8-5-9-16)14-6-3-2-4-7-14/h2-4,6-7H,5,8-13H2,1H3,(H,17,20). The van der Waals surface area contributed by atoms with E-state index in [1.807, 2.05) is 11.0 Å². The minimum Gasteiger partial charge on any atom is -0.328 e. The molecule has 1 N–H and O–H groups in total. The fourth-order valence-electron chi connectivity index (χ4n) is 3.07. The Balaban J connectivity index is 1.68. The van der Waals surface area contributed by atoms with Crippen LogP contribution in [0.25, 0.3) is 0 Å². The largest absolute Gasteiger partial charge is 0.328 e. The van der Waals surface area contributed by atoms with Gasteiger partial charge in [0.2, 0.25) is 0 Å². The van der Waals surface area contributed by atoms with Crippen LogP contribution in [-0.4, -0.2) is 49.1 Å². The number of likely N-dealkylation sites (N-methyl/N-ethyl adjacent to an activating group) is 1. The predicted octanol–water partition coefficient (Wildman–Crippen LogP) is 2.02. The molecule has 1 aliphatic carbocycles. The van der Waals surface area contributed by atoms with E-state index in [-0.39, 0.29) is 11.6 Å². The van der Waals surface area contributed by atoms with Gasteiger partial charge in [0.15, 0.2) is 0 Å². The molecule has 1 aliphatic heterocycles. The van der Waals surface area contributed by atoms with Crippen molar-refractivity contribution in [3.05, 3.63) is 35.9 Å². The van der Waals surface area contributed by atoms with Gasteiger partial charge in [-0.25, -0.2) is 4.79 Å². The molecule has 0 spiro atoms. The molecule has 4 heteroatoms. The molecule has 4 nitrogen and oxygen atoms in total.